The van der Waals surface area contributed by atoms with E-state index in [9.17, 15) is 8.78 Å². The van der Waals surface area contributed by atoms with Gasteiger partial charge >= 0.3 is 0 Å². The zero-order valence-corrected chi connectivity index (χ0v) is 20.6. The van der Waals surface area contributed by atoms with Crippen LogP contribution >= 0.6 is 11.8 Å². The predicted molar refractivity (Wildman–Crippen MR) is 140 cm³/mol. The maximum Gasteiger partial charge on any atom is 0.144 e. The van der Waals surface area contributed by atoms with E-state index >= 15 is 0 Å². The molecule has 1 aromatic carbocycles. The fraction of sp³-hybridized carbons (Fsp3) is 0.360. The maximum atomic E-state index is 14.4. The van der Waals surface area contributed by atoms with Crippen molar-refractivity contribution in [1.29, 1.82) is 0 Å². The molecule has 0 amide bonds. The second kappa shape index (κ2) is 14.4. The molecule has 0 bridgehead atoms. The number of nitrogens with zero attached hydrogens (tertiary/aromatic N) is 4. The smallest absolute Gasteiger partial charge is 0.144 e. The third-order valence-electron chi connectivity index (χ3n) is 5.19. The van der Waals surface area contributed by atoms with Gasteiger partial charge in [0.1, 0.15) is 11.6 Å². The van der Waals surface area contributed by atoms with Crippen LogP contribution in [0.2, 0.25) is 0 Å². The lowest BCUT2D eigenvalue weighted by atomic mass is 10.0. The van der Waals surface area contributed by atoms with Crippen molar-refractivity contribution in [3.63, 3.8) is 0 Å². The molecule has 182 valence electrons. The Morgan fingerprint density at radius 2 is 2.12 bits per heavy atom. The first-order chi connectivity index (χ1) is 16.4. The van der Waals surface area contributed by atoms with Crippen LogP contribution in [0.25, 0.3) is 0 Å². The molecular formula is C25H32F2N6S. The van der Waals surface area contributed by atoms with Gasteiger partial charge < -0.3 is 15.2 Å². The van der Waals surface area contributed by atoms with E-state index in [-0.39, 0.29) is 17.5 Å². The van der Waals surface area contributed by atoms with Crippen molar-refractivity contribution in [2.75, 3.05) is 46.2 Å². The highest BCUT2D eigenvalue weighted by Crippen LogP contribution is 2.25. The zero-order valence-electron chi connectivity index (χ0n) is 19.8. The fourth-order valence-electron chi connectivity index (χ4n) is 3.41. The van der Waals surface area contributed by atoms with Crippen LogP contribution in [0.5, 0.6) is 0 Å². The summed E-state index contributed by atoms with van der Waals surface area (Å²) in [5, 5.41) is 5.12. The molecule has 1 aliphatic rings. The Labute approximate surface area is 205 Å². The Balaban J connectivity index is 1.97. The van der Waals surface area contributed by atoms with Gasteiger partial charge in [-0.15, -0.1) is 18.2 Å². The molecule has 0 spiro atoms. The van der Waals surface area contributed by atoms with Crippen molar-refractivity contribution >= 4 is 24.7 Å². The van der Waals surface area contributed by atoms with Crippen LogP contribution in [0.4, 0.5) is 8.78 Å². The second-order valence-corrected chi connectivity index (χ2v) is 8.56. The molecule has 2 rings (SSSR count). The SMILES string of the molecule is C#Cc1ccc(F)c(CCC(/C=N\C)=C/N(C)NCS/C(=C\N=C)C(=C)N2CCNCC2)c1F. The fourth-order valence-corrected chi connectivity index (χ4v) is 4.28. The van der Waals surface area contributed by atoms with Crippen molar-refractivity contribution in [1.82, 2.24) is 20.7 Å². The maximum absolute atomic E-state index is 14.4. The number of aliphatic imine (C=N–C) groups is 2. The average molecular weight is 487 g/mol. The molecule has 1 fully saturated rings. The molecule has 9 heteroatoms. The largest absolute Gasteiger partial charge is 0.369 e. The number of nitrogens with one attached hydrogen (secondary N) is 2. The second-order valence-electron chi connectivity index (χ2n) is 7.54. The van der Waals surface area contributed by atoms with E-state index in [2.05, 4.69) is 44.8 Å². The van der Waals surface area contributed by atoms with E-state index in [1.54, 1.807) is 36.2 Å². The lowest BCUT2D eigenvalue weighted by molar-refractivity contribution is 0.307. The van der Waals surface area contributed by atoms with Gasteiger partial charge in [-0.05, 0) is 37.3 Å². The summed E-state index contributed by atoms with van der Waals surface area (Å²) < 4.78 is 28.6. The Hall–Kier alpha value is -2.93. The van der Waals surface area contributed by atoms with Gasteiger partial charge in [0.15, 0.2) is 0 Å². The quantitative estimate of drug-likeness (QED) is 0.156. The number of allylic oxidation sites excluding steroid dienone is 1. The Kier molecular flexibility index (Phi) is 11.5. The van der Waals surface area contributed by atoms with Gasteiger partial charge in [0.05, 0.1) is 11.4 Å². The number of benzene rings is 1. The lowest BCUT2D eigenvalue weighted by Crippen LogP contribution is -2.42. The third-order valence-corrected chi connectivity index (χ3v) is 6.12. The number of halogens is 2. The summed E-state index contributed by atoms with van der Waals surface area (Å²) in [7, 11) is 3.50. The molecule has 0 aromatic heterocycles. The number of rotatable bonds is 12. The van der Waals surface area contributed by atoms with Crippen LogP contribution in [-0.2, 0) is 6.42 Å². The summed E-state index contributed by atoms with van der Waals surface area (Å²) in [4.78, 5) is 11.2. The molecule has 0 unspecified atom stereocenters. The number of terminal acetylenes is 1. The van der Waals surface area contributed by atoms with Gasteiger partial charge in [-0.1, -0.05) is 12.5 Å². The minimum absolute atomic E-state index is 0.0184. The van der Waals surface area contributed by atoms with Crippen LogP contribution in [0.3, 0.4) is 0 Å². The van der Waals surface area contributed by atoms with E-state index in [0.717, 1.165) is 42.4 Å². The summed E-state index contributed by atoms with van der Waals surface area (Å²) in [6.07, 6.45) is 11.1. The first kappa shape index (κ1) is 27.3. The standard InChI is InChI=1S/C25H32F2N6S/c1-6-21-8-10-23(26)22(25(21)27)9-7-20(15-28-3)17-32(5)31-18-34-24(16-29-4)19(2)33-13-11-30-12-14-33/h1,8,10,15-17,30-31H,2,4,7,9,11-14,18H2,3,5H3/b20-17-,24-16-,28-15-. The zero-order chi connectivity index (χ0) is 24.9. The highest BCUT2D eigenvalue weighted by Gasteiger charge is 2.16. The first-order valence-electron chi connectivity index (χ1n) is 10.9. The average Bonchev–Trinajstić information content (AvgIpc) is 2.83. The Morgan fingerprint density at radius 1 is 1.38 bits per heavy atom. The number of hydrazine groups is 1. The number of thioether (sulfide) groups is 1. The minimum Gasteiger partial charge on any atom is -0.369 e. The molecule has 6 nitrogen and oxygen atoms in total. The van der Waals surface area contributed by atoms with Gasteiger partial charge in [0.2, 0.25) is 0 Å². The molecule has 1 saturated heterocycles. The molecule has 34 heavy (non-hydrogen) atoms. The van der Waals surface area contributed by atoms with E-state index in [0.29, 0.717) is 12.3 Å². The third kappa shape index (κ3) is 8.13. The van der Waals surface area contributed by atoms with Gasteiger partial charge in [0, 0.05) is 75.1 Å². The predicted octanol–water partition coefficient (Wildman–Crippen LogP) is 3.55. The highest BCUT2D eigenvalue weighted by molar-refractivity contribution is 8.03. The molecular weight excluding hydrogens is 454 g/mol. The van der Waals surface area contributed by atoms with Crippen molar-refractivity contribution in [2.45, 2.75) is 12.8 Å². The normalized spacial score (nSPS) is 14.9. The summed E-state index contributed by atoms with van der Waals surface area (Å²) in [5.41, 5.74) is 5.04. The van der Waals surface area contributed by atoms with Crippen molar-refractivity contribution < 1.29 is 8.78 Å². The van der Waals surface area contributed by atoms with E-state index in [4.69, 9.17) is 6.42 Å². The van der Waals surface area contributed by atoms with Gasteiger partial charge in [-0.3, -0.25) is 9.98 Å². The molecule has 1 aromatic rings. The van der Waals surface area contributed by atoms with Crippen molar-refractivity contribution in [3.8, 4) is 12.3 Å². The van der Waals surface area contributed by atoms with Crippen LogP contribution in [0, 0.1) is 24.0 Å². The molecule has 0 aliphatic carbocycles. The molecule has 0 saturated carbocycles. The molecule has 0 radical (unpaired) electrons. The number of hydrogen-bond donors (Lipinski definition) is 2. The molecule has 1 aliphatic heterocycles. The molecule has 1 heterocycles. The van der Waals surface area contributed by atoms with E-state index in [1.807, 2.05) is 13.2 Å². The van der Waals surface area contributed by atoms with Crippen LogP contribution in [-0.4, -0.2) is 69.0 Å². The van der Waals surface area contributed by atoms with E-state index < -0.39 is 11.6 Å². The Bertz CT molecular complexity index is 990. The van der Waals surface area contributed by atoms with Crippen LogP contribution in [0.1, 0.15) is 17.5 Å². The van der Waals surface area contributed by atoms with Gasteiger partial charge in [-0.2, -0.15) is 0 Å². The molecule has 2 N–H and O–H groups in total. The number of piperazine rings is 1. The van der Waals surface area contributed by atoms with Gasteiger partial charge in [-0.25, -0.2) is 14.2 Å². The summed E-state index contributed by atoms with van der Waals surface area (Å²) in [6.45, 7) is 11.4. The highest BCUT2D eigenvalue weighted by atomic mass is 32.2. The molecule has 0 atom stereocenters. The van der Waals surface area contributed by atoms with Crippen LogP contribution < -0.4 is 10.7 Å². The summed E-state index contributed by atoms with van der Waals surface area (Å²) in [5.74, 6) is 1.52. The lowest BCUT2D eigenvalue weighted by Gasteiger charge is -2.31. The first-order valence-corrected chi connectivity index (χ1v) is 11.9. The monoisotopic (exact) mass is 486 g/mol. The topological polar surface area (TPSA) is 55.3 Å². The Morgan fingerprint density at radius 3 is 2.76 bits per heavy atom. The van der Waals surface area contributed by atoms with Crippen LogP contribution in [0.15, 0.2) is 57.3 Å². The summed E-state index contributed by atoms with van der Waals surface area (Å²) in [6, 6.07) is 2.47. The van der Waals surface area contributed by atoms with Crippen molar-refractivity contribution in [2.24, 2.45) is 9.98 Å². The van der Waals surface area contributed by atoms with Crippen molar-refractivity contribution in [3.05, 3.63) is 70.0 Å². The minimum atomic E-state index is -0.682. The van der Waals surface area contributed by atoms with Gasteiger partial charge in [0.25, 0.3) is 0 Å². The summed E-state index contributed by atoms with van der Waals surface area (Å²) >= 11 is 1.57. The number of hydrogen-bond acceptors (Lipinski definition) is 7. The van der Waals surface area contributed by atoms with E-state index in [1.165, 1.54) is 12.1 Å².